The third kappa shape index (κ3) is 1.22. The zero-order valence-corrected chi connectivity index (χ0v) is 9.49. The predicted octanol–water partition coefficient (Wildman–Crippen LogP) is 2.96. The molecule has 1 aliphatic heterocycles. The number of hydrogen-bond donors (Lipinski definition) is 1. The molecule has 1 aromatic rings. The van der Waals surface area contributed by atoms with Gasteiger partial charge in [0, 0.05) is 4.90 Å². The Hall–Kier alpha value is -0.960. The van der Waals surface area contributed by atoms with Crippen LogP contribution in [-0.4, -0.2) is 10.7 Å². The number of carbonyl (C=O) groups is 1. The predicted molar refractivity (Wildman–Crippen MR) is 62.2 cm³/mol. The average molecular weight is 219 g/mol. The zero-order chi connectivity index (χ0) is 10.5. The van der Waals surface area contributed by atoms with E-state index in [1.165, 1.54) is 16.9 Å². The second kappa shape index (κ2) is 3.01. The van der Waals surface area contributed by atoms with Crippen LogP contribution in [0.25, 0.3) is 0 Å². The van der Waals surface area contributed by atoms with Gasteiger partial charge in [0.05, 0.1) is 10.4 Å². The van der Waals surface area contributed by atoms with E-state index in [-0.39, 0.29) is 10.7 Å². The highest BCUT2D eigenvalue weighted by molar-refractivity contribution is 8.01. The Morgan fingerprint density at radius 2 is 2.20 bits per heavy atom. The molecule has 0 bridgehead atoms. The average Bonchev–Trinajstić information content (AvgIpc) is 2.15. The summed E-state index contributed by atoms with van der Waals surface area (Å²) in [6.07, 6.45) is 3.23. The number of thioether (sulfide) groups is 1. The molecule has 1 saturated carbocycles. The molecule has 1 aromatic carbocycles. The number of fused-ring (bicyclic) bond motifs is 1. The van der Waals surface area contributed by atoms with E-state index in [0.717, 1.165) is 18.5 Å². The molecule has 1 aliphatic carbocycles. The first-order chi connectivity index (χ1) is 7.21. The summed E-state index contributed by atoms with van der Waals surface area (Å²) in [6, 6.07) is 6.09. The third-order valence-electron chi connectivity index (χ3n) is 3.33. The molecule has 78 valence electrons. The smallest absolute Gasteiger partial charge is 0.241 e. The van der Waals surface area contributed by atoms with Gasteiger partial charge in [0.2, 0.25) is 5.91 Å². The van der Waals surface area contributed by atoms with E-state index < -0.39 is 0 Å². The molecule has 1 fully saturated rings. The van der Waals surface area contributed by atoms with Gasteiger partial charge in [-0.25, -0.2) is 0 Å². The van der Waals surface area contributed by atoms with E-state index in [0.29, 0.717) is 0 Å². The summed E-state index contributed by atoms with van der Waals surface area (Å²) in [4.78, 5) is 13.2. The fourth-order valence-corrected chi connectivity index (χ4v) is 3.68. The van der Waals surface area contributed by atoms with Gasteiger partial charge in [-0.2, -0.15) is 0 Å². The molecule has 2 aliphatic rings. The van der Waals surface area contributed by atoms with Gasteiger partial charge in [-0.1, -0.05) is 12.1 Å². The molecule has 2 nitrogen and oxygen atoms in total. The first-order valence-electron chi connectivity index (χ1n) is 5.31. The van der Waals surface area contributed by atoms with Gasteiger partial charge < -0.3 is 5.32 Å². The monoisotopic (exact) mass is 219 g/mol. The van der Waals surface area contributed by atoms with Crippen LogP contribution >= 0.6 is 11.8 Å². The van der Waals surface area contributed by atoms with Gasteiger partial charge in [-0.3, -0.25) is 4.79 Å². The number of rotatable bonds is 0. The fourth-order valence-electron chi connectivity index (χ4n) is 2.19. The molecular weight excluding hydrogens is 206 g/mol. The maximum absolute atomic E-state index is 11.9. The molecule has 0 aromatic heterocycles. The van der Waals surface area contributed by atoms with Gasteiger partial charge in [-0.15, -0.1) is 11.8 Å². The maximum atomic E-state index is 11.9. The third-order valence-corrected chi connectivity index (χ3v) is 5.06. The van der Waals surface area contributed by atoms with Crippen LogP contribution in [0.4, 0.5) is 5.69 Å². The minimum atomic E-state index is -0.140. The second-order valence-electron chi connectivity index (χ2n) is 4.36. The number of carbonyl (C=O) groups excluding carboxylic acids is 1. The van der Waals surface area contributed by atoms with Crippen molar-refractivity contribution >= 4 is 23.4 Å². The molecule has 1 amide bonds. The lowest BCUT2D eigenvalue weighted by Gasteiger charge is -2.43. The molecule has 15 heavy (non-hydrogen) atoms. The van der Waals surface area contributed by atoms with Gasteiger partial charge in [0.15, 0.2) is 0 Å². The lowest BCUT2D eigenvalue weighted by Crippen LogP contribution is -2.47. The first kappa shape index (κ1) is 9.28. The molecule has 1 heterocycles. The first-order valence-corrected chi connectivity index (χ1v) is 6.13. The van der Waals surface area contributed by atoms with E-state index in [1.807, 2.05) is 12.1 Å². The van der Waals surface area contributed by atoms with Gasteiger partial charge in [0.25, 0.3) is 0 Å². The topological polar surface area (TPSA) is 29.1 Å². The van der Waals surface area contributed by atoms with Crippen molar-refractivity contribution in [3.63, 3.8) is 0 Å². The van der Waals surface area contributed by atoms with Gasteiger partial charge in [-0.05, 0) is 37.8 Å². The highest BCUT2D eigenvalue weighted by atomic mass is 32.2. The molecule has 0 atom stereocenters. The quantitative estimate of drug-likeness (QED) is 0.727. The van der Waals surface area contributed by atoms with Crippen molar-refractivity contribution in [1.29, 1.82) is 0 Å². The Balaban J connectivity index is 2.07. The molecule has 1 spiro atoms. The molecule has 0 unspecified atom stereocenters. The van der Waals surface area contributed by atoms with Crippen molar-refractivity contribution in [3.05, 3.63) is 23.8 Å². The molecule has 3 heteroatoms. The fraction of sp³-hybridized carbons (Fsp3) is 0.417. The molecule has 3 rings (SSSR count). The molecule has 1 N–H and O–H groups in total. The van der Waals surface area contributed by atoms with Gasteiger partial charge >= 0.3 is 0 Å². The summed E-state index contributed by atoms with van der Waals surface area (Å²) in [5.41, 5.74) is 2.26. The number of hydrogen-bond acceptors (Lipinski definition) is 2. The normalized spacial score (nSPS) is 21.8. The van der Waals surface area contributed by atoms with Crippen molar-refractivity contribution in [3.8, 4) is 0 Å². The maximum Gasteiger partial charge on any atom is 0.241 e. The SMILES string of the molecule is Cc1cccc2c1SC1(CCC1)C(=O)N2. The van der Waals surface area contributed by atoms with Crippen LogP contribution < -0.4 is 5.32 Å². The Labute approximate surface area is 93.4 Å². The van der Waals surface area contributed by atoms with Crippen LogP contribution in [0.1, 0.15) is 24.8 Å². The summed E-state index contributed by atoms with van der Waals surface area (Å²) in [5, 5.41) is 3.03. The van der Waals surface area contributed by atoms with Crippen LogP contribution in [0.5, 0.6) is 0 Å². The Kier molecular flexibility index (Phi) is 1.87. The Bertz CT molecular complexity index is 437. The molecule has 0 saturated heterocycles. The lowest BCUT2D eigenvalue weighted by molar-refractivity contribution is -0.120. The van der Waals surface area contributed by atoms with E-state index >= 15 is 0 Å². The molecule has 0 radical (unpaired) electrons. The summed E-state index contributed by atoms with van der Waals surface area (Å²) < 4.78 is -0.140. The summed E-state index contributed by atoms with van der Waals surface area (Å²) in [5.74, 6) is 0.205. The second-order valence-corrected chi connectivity index (χ2v) is 5.75. The van der Waals surface area contributed by atoms with Crippen molar-refractivity contribution in [2.24, 2.45) is 0 Å². The highest BCUT2D eigenvalue weighted by Gasteiger charge is 2.48. The summed E-state index contributed by atoms with van der Waals surface area (Å²) in [7, 11) is 0. The Morgan fingerprint density at radius 1 is 1.40 bits per heavy atom. The van der Waals surface area contributed by atoms with E-state index in [2.05, 4.69) is 18.3 Å². The number of anilines is 1. The standard InChI is InChI=1S/C12H13NOS/c1-8-4-2-5-9-10(8)15-12(6-3-7-12)11(14)13-9/h2,4-5H,3,6-7H2,1H3,(H,13,14). The van der Waals surface area contributed by atoms with E-state index in [4.69, 9.17) is 0 Å². The van der Waals surface area contributed by atoms with Crippen LogP contribution in [0.15, 0.2) is 23.1 Å². The number of amides is 1. The highest BCUT2D eigenvalue weighted by Crippen LogP contribution is 2.53. The van der Waals surface area contributed by atoms with Crippen LogP contribution in [0, 0.1) is 6.92 Å². The number of aryl methyl sites for hydroxylation is 1. The van der Waals surface area contributed by atoms with Crippen LogP contribution in [0.3, 0.4) is 0 Å². The van der Waals surface area contributed by atoms with E-state index in [1.54, 1.807) is 11.8 Å². The van der Waals surface area contributed by atoms with Crippen molar-refractivity contribution in [2.75, 3.05) is 5.32 Å². The largest absolute Gasteiger partial charge is 0.324 e. The lowest BCUT2D eigenvalue weighted by atomic mass is 9.83. The van der Waals surface area contributed by atoms with Crippen molar-refractivity contribution in [1.82, 2.24) is 0 Å². The minimum absolute atomic E-state index is 0.140. The van der Waals surface area contributed by atoms with Crippen molar-refractivity contribution < 1.29 is 4.79 Å². The summed E-state index contributed by atoms with van der Waals surface area (Å²) >= 11 is 1.77. The van der Waals surface area contributed by atoms with Crippen molar-refractivity contribution in [2.45, 2.75) is 35.8 Å². The van der Waals surface area contributed by atoms with Crippen LogP contribution in [-0.2, 0) is 4.79 Å². The molecular formula is C12H13NOS. The van der Waals surface area contributed by atoms with Gasteiger partial charge in [0.1, 0.15) is 0 Å². The number of nitrogens with one attached hydrogen (secondary N) is 1. The van der Waals surface area contributed by atoms with E-state index in [9.17, 15) is 4.79 Å². The Morgan fingerprint density at radius 3 is 2.87 bits per heavy atom. The minimum Gasteiger partial charge on any atom is -0.324 e. The van der Waals surface area contributed by atoms with Crippen LogP contribution in [0.2, 0.25) is 0 Å². The summed E-state index contributed by atoms with van der Waals surface area (Å²) in [6.45, 7) is 2.11. The zero-order valence-electron chi connectivity index (χ0n) is 8.67. The number of benzene rings is 1.